The van der Waals surface area contributed by atoms with Gasteiger partial charge in [-0.3, -0.25) is 0 Å². The summed E-state index contributed by atoms with van der Waals surface area (Å²) in [7, 11) is -1.10. The topological polar surface area (TPSA) is 29.1 Å². The SMILES string of the molecule is CCNS(=O)c1cccc(CCl)c1. The number of hydrogen-bond donors (Lipinski definition) is 1. The Kier molecular flexibility index (Phi) is 4.42. The average Bonchev–Trinajstić information content (AvgIpc) is 2.18. The fourth-order valence-corrected chi connectivity index (χ4v) is 2.01. The highest BCUT2D eigenvalue weighted by Crippen LogP contribution is 2.10. The van der Waals surface area contributed by atoms with Crippen LogP contribution < -0.4 is 4.72 Å². The van der Waals surface area contributed by atoms with Crippen LogP contribution in [0.25, 0.3) is 0 Å². The van der Waals surface area contributed by atoms with Crippen molar-refractivity contribution in [3.8, 4) is 0 Å². The van der Waals surface area contributed by atoms with E-state index in [1.165, 1.54) is 0 Å². The lowest BCUT2D eigenvalue weighted by atomic mass is 10.2. The van der Waals surface area contributed by atoms with Crippen molar-refractivity contribution in [1.82, 2.24) is 4.72 Å². The van der Waals surface area contributed by atoms with Gasteiger partial charge in [0.25, 0.3) is 0 Å². The fraction of sp³-hybridized carbons (Fsp3) is 0.333. The second kappa shape index (κ2) is 5.37. The van der Waals surface area contributed by atoms with E-state index in [1.54, 1.807) is 0 Å². The van der Waals surface area contributed by atoms with Gasteiger partial charge in [-0.25, -0.2) is 8.93 Å². The molecule has 1 N–H and O–H groups in total. The molecule has 13 heavy (non-hydrogen) atoms. The maximum Gasteiger partial charge on any atom is 0.124 e. The molecule has 0 saturated heterocycles. The first-order valence-electron chi connectivity index (χ1n) is 4.08. The number of hydrogen-bond acceptors (Lipinski definition) is 1. The monoisotopic (exact) mass is 217 g/mol. The van der Waals surface area contributed by atoms with Crippen LogP contribution in [-0.2, 0) is 16.9 Å². The molecule has 1 unspecified atom stereocenters. The van der Waals surface area contributed by atoms with E-state index >= 15 is 0 Å². The van der Waals surface area contributed by atoms with Crippen LogP contribution in [0.5, 0.6) is 0 Å². The van der Waals surface area contributed by atoms with E-state index in [2.05, 4.69) is 4.72 Å². The summed E-state index contributed by atoms with van der Waals surface area (Å²) in [6, 6.07) is 7.46. The Morgan fingerprint density at radius 1 is 1.54 bits per heavy atom. The number of nitrogens with one attached hydrogen (secondary N) is 1. The third-order valence-corrected chi connectivity index (χ3v) is 3.08. The van der Waals surface area contributed by atoms with Gasteiger partial charge in [-0.1, -0.05) is 19.1 Å². The molecular weight excluding hydrogens is 206 g/mol. The Morgan fingerprint density at radius 3 is 2.92 bits per heavy atom. The van der Waals surface area contributed by atoms with Crippen molar-refractivity contribution in [2.75, 3.05) is 6.54 Å². The number of rotatable bonds is 4. The Labute approximate surface area is 85.9 Å². The molecule has 72 valence electrons. The van der Waals surface area contributed by atoms with Gasteiger partial charge in [0, 0.05) is 12.4 Å². The molecule has 0 heterocycles. The summed E-state index contributed by atoms with van der Waals surface area (Å²) < 4.78 is 14.3. The van der Waals surface area contributed by atoms with Crippen molar-refractivity contribution >= 4 is 22.6 Å². The molecule has 0 aromatic heterocycles. The van der Waals surface area contributed by atoms with E-state index in [9.17, 15) is 4.21 Å². The third-order valence-electron chi connectivity index (χ3n) is 1.54. The minimum absolute atomic E-state index is 0.456. The standard InChI is InChI=1S/C9H12ClNOS/c1-2-11-13(12)9-5-3-4-8(6-9)7-10/h3-6,11H,2,7H2,1H3. The quantitative estimate of drug-likeness (QED) is 0.769. The molecular formula is C9H12ClNOS. The Bertz CT molecular complexity index is 303. The van der Waals surface area contributed by atoms with Crippen LogP contribution in [0.4, 0.5) is 0 Å². The van der Waals surface area contributed by atoms with Crippen molar-refractivity contribution in [2.24, 2.45) is 0 Å². The highest BCUT2D eigenvalue weighted by atomic mass is 35.5. The van der Waals surface area contributed by atoms with Gasteiger partial charge in [0.2, 0.25) is 0 Å². The summed E-state index contributed by atoms with van der Waals surface area (Å²) in [6.07, 6.45) is 0. The average molecular weight is 218 g/mol. The molecule has 0 aliphatic carbocycles. The molecule has 0 bridgehead atoms. The molecule has 0 spiro atoms. The second-order valence-corrected chi connectivity index (χ2v) is 4.11. The fourth-order valence-electron chi connectivity index (χ4n) is 0.958. The third kappa shape index (κ3) is 3.10. The summed E-state index contributed by atoms with van der Waals surface area (Å²) in [5.41, 5.74) is 0.991. The highest BCUT2D eigenvalue weighted by molar-refractivity contribution is 7.83. The van der Waals surface area contributed by atoms with Crippen molar-refractivity contribution in [3.63, 3.8) is 0 Å². The van der Waals surface area contributed by atoms with Crippen LogP contribution in [0.15, 0.2) is 29.2 Å². The highest BCUT2D eigenvalue weighted by Gasteiger charge is 2.01. The van der Waals surface area contributed by atoms with Crippen LogP contribution in [0, 0.1) is 0 Å². The largest absolute Gasteiger partial charge is 0.238 e. The molecule has 4 heteroatoms. The summed E-state index contributed by atoms with van der Waals surface area (Å²) in [6.45, 7) is 2.61. The Balaban J connectivity index is 2.82. The molecule has 0 saturated carbocycles. The summed E-state index contributed by atoms with van der Waals surface area (Å²) in [5.74, 6) is 0.456. The smallest absolute Gasteiger partial charge is 0.124 e. The van der Waals surface area contributed by atoms with E-state index < -0.39 is 11.0 Å². The van der Waals surface area contributed by atoms with Crippen molar-refractivity contribution in [1.29, 1.82) is 0 Å². The van der Waals surface area contributed by atoms with Gasteiger partial charge >= 0.3 is 0 Å². The van der Waals surface area contributed by atoms with E-state index in [1.807, 2.05) is 31.2 Å². The molecule has 1 aromatic rings. The van der Waals surface area contributed by atoms with E-state index in [0.29, 0.717) is 12.4 Å². The predicted molar refractivity (Wildman–Crippen MR) is 56.1 cm³/mol. The minimum Gasteiger partial charge on any atom is -0.238 e. The van der Waals surface area contributed by atoms with Gasteiger partial charge in [-0.05, 0) is 17.7 Å². The van der Waals surface area contributed by atoms with Crippen molar-refractivity contribution in [2.45, 2.75) is 17.7 Å². The van der Waals surface area contributed by atoms with Gasteiger partial charge in [-0.2, -0.15) is 0 Å². The maximum atomic E-state index is 11.5. The van der Waals surface area contributed by atoms with Gasteiger partial charge in [0.1, 0.15) is 11.0 Å². The van der Waals surface area contributed by atoms with E-state index in [-0.39, 0.29) is 0 Å². The minimum atomic E-state index is -1.10. The number of alkyl halides is 1. The maximum absolute atomic E-state index is 11.5. The lowest BCUT2D eigenvalue weighted by Gasteiger charge is -2.02. The zero-order valence-corrected chi connectivity index (χ0v) is 8.99. The molecule has 0 fully saturated rings. The molecule has 2 nitrogen and oxygen atoms in total. The van der Waals surface area contributed by atoms with Crippen molar-refractivity contribution < 1.29 is 4.21 Å². The van der Waals surface area contributed by atoms with Crippen LogP contribution in [0.2, 0.25) is 0 Å². The zero-order valence-electron chi connectivity index (χ0n) is 7.42. The molecule has 1 aromatic carbocycles. The molecule has 0 amide bonds. The van der Waals surface area contributed by atoms with E-state index in [4.69, 9.17) is 11.6 Å². The summed E-state index contributed by atoms with van der Waals surface area (Å²) >= 11 is 5.66. The molecule has 0 aliphatic rings. The molecule has 1 atom stereocenters. The van der Waals surface area contributed by atoms with E-state index in [0.717, 1.165) is 10.5 Å². The number of benzene rings is 1. The second-order valence-electron chi connectivity index (χ2n) is 2.55. The van der Waals surface area contributed by atoms with Gasteiger partial charge in [0.05, 0.1) is 4.90 Å². The number of halogens is 1. The molecule has 1 rings (SSSR count). The Morgan fingerprint density at radius 2 is 2.31 bits per heavy atom. The zero-order chi connectivity index (χ0) is 9.68. The van der Waals surface area contributed by atoms with Gasteiger partial charge < -0.3 is 0 Å². The first kappa shape index (κ1) is 10.7. The van der Waals surface area contributed by atoms with Crippen LogP contribution in [0.3, 0.4) is 0 Å². The van der Waals surface area contributed by atoms with Crippen LogP contribution in [0.1, 0.15) is 12.5 Å². The first-order chi connectivity index (χ1) is 6.27. The van der Waals surface area contributed by atoms with Gasteiger partial charge in [0.15, 0.2) is 0 Å². The van der Waals surface area contributed by atoms with Crippen molar-refractivity contribution in [3.05, 3.63) is 29.8 Å². The lowest BCUT2D eigenvalue weighted by Crippen LogP contribution is -2.16. The first-order valence-corrected chi connectivity index (χ1v) is 5.76. The Hall–Kier alpha value is -0.380. The summed E-state index contributed by atoms with van der Waals surface area (Å²) in [4.78, 5) is 0.778. The van der Waals surface area contributed by atoms with Crippen LogP contribution >= 0.6 is 11.6 Å². The molecule has 0 radical (unpaired) electrons. The normalized spacial score (nSPS) is 12.8. The molecule has 0 aliphatic heterocycles. The lowest BCUT2D eigenvalue weighted by molar-refractivity contribution is 0.674. The van der Waals surface area contributed by atoms with Gasteiger partial charge in [-0.15, -0.1) is 11.6 Å². The van der Waals surface area contributed by atoms with Crippen LogP contribution in [-0.4, -0.2) is 10.8 Å². The predicted octanol–water partition coefficient (Wildman–Crippen LogP) is 2.06. The summed E-state index contributed by atoms with van der Waals surface area (Å²) in [5, 5.41) is 0.